The predicted molar refractivity (Wildman–Crippen MR) is 93.3 cm³/mol. The van der Waals surface area contributed by atoms with Gasteiger partial charge in [0.25, 0.3) is 0 Å². The summed E-state index contributed by atoms with van der Waals surface area (Å²) in [5, 5.41) is 11.0. The fraction of sp³-hybridized carbons (Fsp3) is 0.824. The van der Waals surface area contributed by atoms with Crippen LogP contribution in [0.2, 0.25) is 25.7 Å². The lowest BCUT2D eigenvalue weighted by Gasteiger charge is -2.39. The minimum absolute atomic E-state index is 0.464. The van der Waals surface area contributed by atoms with Crippen molar-refractivity contribution in [3.63, 3.8) is 0 Å². The minimum Gasteiger partial charge on any atom is -0.383 e. The van der Waals surface area contributed by atoms with E-state index < -0.39 is 19.5 Å². The Kier molecular flexibility index (Phi) is 5.18. The molecule has 0 amide bonds. The molecule has 0 aromatic carbocycles. The Morgan fingerprint density at radius 1 is 1.21 bits per heavy atom. The predicted octanol–water partition coefficient (Wildman–Crippen LogP) is 2.70. The van der Waals surface area contributed by atoms with Crippen molar-refractivity contribution < 1.29 is 19.3 Å². The summed E-state index contributed by atoms with van der Waals surface area (Å²) in [6.45, 7) is 9.61. The van der Waals surface area contributed by atoms with Crippen molar-refractivity contribution in [1.82, 2.24) is 9.55 Å². The van der Waals surface area contributed by atoms with E-state index in [4.69, 9.17) is 14.2 Å². The highest BCUT2D eigenvalue weighted by atomic mass is 28.3. The highest BCUT2D eigenvalue weighted by molar-refractivity contribution is 6.76. The van der Waals surface area contributed by atoms with Gasteiger partial charge in [-0.05, 0) is 18.9 Å². The molecule has 0 bridgehead atoms. The number of hydrogen-bond acceptors (Lipinski definition) is 5. The first kappa shape index (κ1) is 18.1. The van der Waals surface area contributed by atoms with Gasteiger partial charge in [-0.1, -0.05) is 19.6 Å². The van der Waals surface area contributed by atoms with Crippen LogP contribution >= 0.6 is 0 Å². The van der Waals surface area contributed by atoms with Crippen LogP contribution in [0, 0.1) is 0 Å². The number of aliphatic hydroxyl groups is 1. The van der Waals surface area contributed by atoms with Gasteiger partial charge < -0.3 is 23.9 Å². The Bertz CT molecular complexity index is 539. The monoisotopic (exact) mass is 354 g/mol. The Balaban J connectivity index is 1.51. The SMILES string of the molecule is C[Si](C)(C)CCOCn1cnc(C2(O)CCC3(CC2)OCCO3)c1. The van der Waals surface area contributed by atoms with Crippen molar-refractivity contribution >= 4 is 8.07 Å². The zero-order valence-corrected chi connectivity index (χ0v) is 16.1. The van der Waals surface area contributed by atoms with Crippen LogP contribution in [-0.4, -0.2) is 48.3 Å². The molecule has 1 spiro atoms. The molecule has 1 N–H and O–H groups in total. The number of nitrogens with zero attached hydrogens (tertiary/aromatic N) is 2. The van der Waals surface area contributed by atoms with E-state index in [2.05, 4.69) is 24.6 Å². The lowest BCUT2D eigenvalue weighted by molar-refractivity contribution is -0.204. The van der Waals surface area contributed by atoms with Crippen LogP contribution in [0.1, 0.15) is 31.4 Å². The fourth-order valence-electron chi connectivity index (χ4n) is 3.31. The summed E-state index contributed by atoms with van der Waals surface area (Å²) >= 11 is 0. The normalized spacial score (nSPS) is 23.0. The molecule has 2 fully saturated rings. The second-order valence-corrected chi connectivity index (χ2v) is 13.9. The lowest BCUT2D eigenvalue weighted by atomic mass is 9.79. The Morgan fingerprint density at radius 2 is 1.88 bits per heavy atom. The third-order valence-corrected chi connectivity index (χ3v) is 6.70. The molecule has 1 aliphatic heterocycles. The smallest absolute Gasteiger partial charge is 0.168 e. The molecule has 136 valence electrons. The van der Waals surface area contributed by atoms with E-state index >= 15 is 0 Å². The summed E-state index contributed by atoms with van der Waals surface area (Å²) in [4.78, 5) is 4.41. The molecular formula is C17H30N2O4Si. The number of aromatic nitrogens is 2. The molecule has 2 aliphatic rings. The highest BCUT2D eigenvalue weighted by Gasteiger charge is 2.47. The van der Waals surface area contributed by atoms with Crippen molar-refractivity contribution in [1.29, 1.82) is 0 Å². The van der Waals surface area contributed by atoms with Gasteiger partial charge in [-0.15, -0.1) is 0 Å². The quantitative estimate of drug-likeness (QED) is 0.628. The maximum atomic E-state index is 11.0. The lowest BCUT2D eigenvalue weighted by Crippen LogP contribution is -2.42. The maximum Gasteiger partial charge on any atom is 0.168 e. The maximum absolute atomic E-state index is 11.0. The third-order valence-electron chi connectivity index (χ3n) is 5.00. The molecule has 1 aromatic rings. The van der Waals surface area contributed by atoms with Crippen LogP contribution in [0.4, 0.5) is 0 Å². The largest absolute Gasteiger partial charge is 0.383 e. The molecule has 7 heteroatoms. The van der Waals surface area contributed by atoms with Gasteiger partial charge in [0.1, 0.15) is 12.3 Å². The van der Waals surface area contributed by atoms with E-state index in [1.807, 2.05) is 10.8 Å². The van der Waals surface area contributed by atoms with E-state index in [1.54, 1.807) is 6.33 Å². The standard InChI is InChI=1S/C17H30N2O4Si/c1-24(2,3)11-10-21-14-19-12-15(18-13-19)16(20)4-6-17(7-5-16)22-8-9-23-17/h12-13,20H,4-11,14H2,1-3H3. The summed E-state index contributed by atoms with van der Waals surface area (Å²) < 4.78 is 19.1. The van der Waals surface area contributed by atoms with Gasteiger partial charge in [-0.3, -0.25) is 0 Å². The van der Waals surface area contributed by atoms with Crippen molar-refractivity contribution in [2.45, 2.75) is 69.5 Å². The summed E-state index contributed by atoms with van der Waals surface area (Å²) in [6, 6.07) is 1.15. The van der Waals surface area contributed by atoms with Gasteiger partial charge in [0, 0.05) is 33.7 Å². The fourth-order valence-corrected chi connectivity index (χ4v) is 4.06. The van der Waals surface area contributed by atoms with Crippen LogP contribution in [0.3, 0.4) is 0 Å². The van der Waals surface area contributed by atoms with Crippen molar-refractivity contribution in [2.24, 2.45) is 0 Å². The van der Waals surface area contributed by atoms with E-state index in [-0.39, 0.29) is 0 Å². The highest BCUT2D eigenvalue weighted by Crippen LogP contribution is 2.44. The van der Waals surface area contributed by atoms with Crippen LogP contribution in [0.25, 0.3) is 0 Å². The van der Waals surface area contributed by atoms with Crippen LogP contribution in [0.15, 0.2) is 12.5 Å². The Morgan fingerprint density at radius 3 is 2.50 bits per heavy atom. The van der Waals surface area contributed by atoms with Gasteiger partial charge in [0.2, 0.25) is 0 Å². The van der Waals surface area contributed by atoms with Crippen LogP contribution < -0.4 is 0 Å². The molecule has 24 heavy (non-hydrogen) atoms. The zero-order valence-electron chi connectivity index (χ0n) is 15.1. The Hall–Kier alpha value is -0.733. The molecular weight excluding hydrogens is 324 g/mol. The van der Waals surface area contributed by atoms with Crippen molar-refractivity contribution in [2.75, 3.05) is 19.8 Å². The topological polar surface area (TPSA) is 65.7 Å². The third kappa shape index (κ3) is 4.26. The van der Waals surface area contributed by atoms with Crippen LogP contribution in [-0.2, 0) is 26.5 Å². The van der Waals surface area contributed by atoms with Gasteiger partial charge in [-0.25, -0.2) is 4.98 Å². The van der Waals surface area contributed by atoms with E-state index in [1.165, 1.54) is 0 Å². The molecule has 3 rings (SSSR count). The van der Waals surface area contributed by atoms with Gasteiger partial charge in [0.05, 0.1) is 25.2 Å². The van der Waals surface area contributed by atoms with Crippen molar-refractivity contribution in [3.05, 3.63) is 18.2 Å². The zero-order chi connectivity index (χ0) is 17.3. The summed E-state index contributed by atoms with van der Waals surface area (Å²) in [6.07, 6.45) is 6.30. The van der Waals surface area contributed by atoms with Gasteiger partial charge in [0.15, 0.2) is 5.79 Å². The van der Waals surface area contributed by atoms with Crippen LogP contribution in [0.5, 0.6) is 0 Å². The van der Waals surface area contributed by atoms with Gasteiger partial charge in [-0.2, -0.15) is 0 Å². The Labute approximate surface area is 145 Å². The molecule has 1 saturated heterocycles. The molecule has 2 heterocycles. The van der Waals surface area contributed by atoms with Crippen molar-refractivity contribution in [3.8, 4) is 0 Å². The number of rotatable bonds is 6. The van der Waals surface area contributed by atoms with E-state index in [9.17, 15) is 5.11 Å². The average molecular weight is 355 g/mol. The number of hydrogen-bond donors (Lipinski definition) is 1. The molecule has 1 aromatic heterocycles. The number of imidazole rings is 1. The summed E-state index contributed by atoms with van der Waals surface area (Å²) in [7, 11) is -1.06. The first-order valence-electron chi connectivity index (χ1n) is 8.91. The first-order valence-corrected chi connectivity index (χ1v) is 12.6. The molecule has 0 atom stereocenters. The average Bonchev–Trinajstić information content (AvgIpc) is 3.17. The van der Waals surface area contributed by atoms with E-state index in [0.29, 0.717) is 45.6 Å². The molecule has 1 aliphatic carbocycles. The van der Waals surface area contributed by atoms with Gasteiger partial charge >= 0.3 is 0 Å². The molecule has 0 radical (unpaired) electrons. The molecule has 6 nitrogen and oxygen atoms in total. The second-order valence-electron chi connectivity index (χ2n) is 8.26. The molecule has 0 unspecified atom stereocenters. The summed E-state index contributed by atoms with van der Waals surface area (Å²) in [5.41, 5.74) is -0.159. The minimum atomic E-state index is -1.06. The van der Waals surface area contributed by atoms with E-state index in [0.717, 1.165) is 18.3 Å². The summed E-state index contributed by atoms with van der Waals surface area (Å²) in [5.74, 6) is -0.464. The molecule has 1 saturated carbocycles. The first-order chi connectivity index (χ1) is 11.3. The number of ether oxygens (including phenoxy) is 3. The second kappa shape index (κ2) is 6.88.